The molecule has 1 aliphatic rings. The molecule has 1 saturated heterocycles. The summed E-state index contributed by atoms with van der Waals surface area (Å²) in [6.07, 6.45) is 0.787. The lowest BCUT2D eigenvalue weighted by Gasteiger charge is -2.16. The Bertz CT molecular complexity index is 458. The Morgan fingerprint density at radius 1 is 1.44 bits per heavy atom. The number of alkyl halides is 1. The summed E-state index contributed by atoms with van der Waals surface area (Å²) in [5.74, 6) is -0.141. The number of methoxy groups -OCH3 is 1. The van der Waals surface area contributed by atoms with Crippen molar-refractivity contribution >= 4 is 33.5 Å². The zero-order valence-corrected chi connectivity index (χ0v) is 11.6. The van der Waals surface area contributed by atoms with E-state index in [1.54, 1.807) is 4.90 Å². The van der Waals surface area contributed by atoms with E-state index in [4.69, 9.17) is 0 Å². The average Bonchev–Trinajstić information content (AvgIpc) is 2.69. The highest BCUT2D eigenvalue weighted by Gasteiger charge is 2.28. The molecule has 1 aliphatic heterocycles. The quantitative estimate of drug-likeness (QED) is 0.633. The first-order valence-corrected chi connectivity index (χ1v) is 6.62. The fourth-order valence-electron chi connectivity index (χ4n) is 1.95. The molecule has 0 aliphatic carbocycles. The van der Waals surface area contributed by atoms with Crippen molar-refractivity contribution in [1.82, 2.24) is 0 Å². The average molecular weight is 312 g/mol. The van der Waals surface area contributed by atoms with Gasteiger partial charge in [-0.3, -0.25) is 9.59 Å². The number of benzene rings is 1. The van der Waals surface area contributed by atoms with Crippen LogP contribution in [0, 0.1) is 0 Å². The van der Waals surface area contributed by atoms with Gasteiger partial charge in [0.05, 0.1) is 13.5 Å². The molecule has 4 nitrogen and oxygen atoms in total. The van der Waals surface area contributed by atoms with Crippen LogP contribution in [0.15, 0.2) is 24.3 Å². The third-order valence-electron chi connectivity index (χ3n) is 2.90. The van der Waals surface area contributed by atoms with Crippen molar-refractivity contribution in [3.05, 3.63) is 29.8 Å². The van der Waals surface area contributed by atoms with Crippen LogP contribution < -0.4 is 4.90 Å². The molecule has 2 rings (SSSR count). The smallest absolute Gasteiger partial charge is 0.309 e. The first-order chi connectivity index (χ1) is 8.60. The van der Waals surface area contributed by atoms with Gasteiger partial charge in [-0.25, -0.2) is 0 Å². The molecule has 0 saturated carbocycles. The van der Waals surface area contributed by atoms with Crippen molar-refractivity contribution < 1.29 is 14.3 Å². The van der Waals surface area contributed by atoms with E-state index in [0.717, 1.165) is 11.3 Å². The first-order valence-electron chi connectivity index (χ1n) is 5.70. The standard InChI is InChI=1S/C13H14BrNO3/c1-18-13(17)6-9-2-4-11(5-3-9)15-8-10(14)7-12(15)16/h2-5,10H,6-8H2,1H3. The summed E-state index contributed by atoms with van der Waals surface area (Å²) >= 11 is 3.45. The second kappa shape index (κ2) is 5.52. The Balaban J connectivity index is 2.08. The van der Waals surface area contributed by atoms with Crippen molar-refractivity contribution in [2.24, 2.45) is 0 Å². The van der Waals surface area contributed by atoms with Gasteiger partial charge in [0.15, 0.2) is 0 Å². The van der Waals surface area contributed by atoms with E-state index >= 15 is 0 Å². The van der Waals surface area contributed by atoms with E-state index in [1.165, 1.54) is 7.11 Å². The van der Waals surface area contributed by atoms with Gasteiger partial charge in [-0.2, -0.15) is 0 Å². The molecule has 1 heterocycles. The molecule has 1 aromatic carbocycles. The number of ether oxygens (including phenoxy) is 1. The maximum absolute atomic E-state index is 11.7. The van der Waals surface area contributed by atoms with Crippen molar-refractivity contribution in [1.29, 1.82) is 0 Å². The normalized spacial score (nSPS) is 19.1. The van der Waals surface area contributed by atoms with E-state index < -0.39 is 0 Å². The fraction of sp³-hybridized carbons (Fsp3) is 0.385. The molecule has 1 fully saturated rings. The fourth-order valence-corrected chi connectivity index (χ4v) is 2.51. The first kappa shape index (κ1) is 13.1. The molecule has 0 N–H and O–H groups in total. The van der Waals surface area contributed by atoms with Crippen LogP contribution in [0.2, 0.25) is 0 Å². The lowest BCUT2D eigenvalue weighted by molar-refractivity contribution is -0.139. The van der Waals surface area contributed by atoms with Gasteiger partial charge in [0.25, 0.3) is 0 Å². The summed E-state index contributed by atoms with van der Waals surface area (Å²) in [7, 11) is 1.37. The van der Waals surface area contributed by atoms with Crippen LogP contribution in [0.5, 0.6) is 0 Å². The number of carbonyl (C=O) groups is 2. The molecule has 1 atom stereocenters. The number of anilines is 1. The summed E-state index contributed by atoms with van der Waals surface area (Å²) in [5.41, 5.74) is 1.75. The Hall–Kier alpha value is -1.36. The molecule has 18 heavy (non-hydrogen) atoms. The minimum absolute atomic E-state index is 0.123. The third-order valence-corrected chi connectivity index (χ3v) is 3.52. The Morgan fingerprint density at radius 2 is 2.11 bits per heavy atom. The van der Waals surface area contributed by atoms with Crippen LogP contribution in [0.3, 0.4) is 0 Å². The zero-order chi connectivity index (χ0) is 13.1. The highest BCUT2D eigenvalue weighted by Crippen LogP contribution is 2.25. The van der Waals surface area contributed by atoms with Crippen LogP contribution in [-0.2, 0) is 20.7 Å². The van der Waals surface area contributed by atoms with E-state index in [2.05, 4.69) is 20.7 Å². The molecule has 1 amide bonds. The summed E-state index contributed by atoms with van der Waals surface area (Å²) < 4.78 is 4.61. The van der Waals surface area contributed by atoms with Crippen LogP contribution in [0.4, 0.5) is 5.69 Å². The molecule has 0 spiro atoms. The van der Waals surface area contributed by atoms with E-state index in [0.29, 0.717) is 13.0 Å². The van der Waals surface area contributed by atoms with Gasteiger partial charge in [0.1, 0.15) is 0 Å². The number of esters is 1. The molecule has 5 heteroatoms. The highest BCUT2D eigenvalue weighted by molar-refractivity contribution is 9.09. The number of nitrogens with zero attached hydrogens (tertiary/aromatic N) is 1. The minimum Gasteiger partial charge on any atom is -0.469 e. The second-order valence-electron chi connectivity index (χ2n) is 4.23. The second-order valence-corrected chi connectivity index (χ2v) is 5.52. The van der Waals surface area contributed by atoms with Gasteiger partial charge in [-0.05, 0) is 17.7 Å². The van der Waals surface area contributed by atoms with Gasteiger partial charge >= 0.3 is 5.97 Å². The number of amides is 1. The third kappa shape index (κ3) is 2.90. The molecule has 96 valence electrons. The lowest BCUT2D eigenvalue weighted by Crippen LogP contribution is -2.24. The molecule has 1 aromatic rings. The SMILES string of the molecule is COC(=O)Cc1ccc(N2CC(Br)CC2=O)cc1. The summed E-state index contributed by atoms with van der Waals surface area (Å²) in [6, 6.07) is 7.42. The molecular weight excluding hydrogens is 298 g/mol. The Morgan fingerprint density at radius 3 is 2.61 bits per heavy atom. The van der Waals surface area contributed by atoms with E-state index in [9.17, 15) is 9.59 Å². The lowest BCUT2D eigenvalue weighted by atomic mass is 10.1. The summed E-state index contributed by atoms with van der Waals surface area (Å²) in [5, 5.41) is 0. The van der Waals surface area contributed by atoms with Gasteiger partial charge in [0, 0.05) is 23.5 Å². The van der Waals surface area contributed by atoms with Gasteiger partial charge in [-0.15, -0.1) is 0 Å². The zero-order valence-electron chi connectivity index (χ0n) is 10.1. The maximum atomic E-state index is 11.7. The number of carbonyl (C=O) groups excluding carboxylic acids is 2. The van der Waals surface area contributed by atoms with Crippen molar-refractivity contribution in [3.63, 3.8) is 0 Å². The molecule has 0 bridgehead atoms. The minimum atomic E-state index is -0.263. The van der Waals surface area contributed by atoms with Crippen molar-refractivity contribution in [2.75, 3.05) is 18.6 Å². The Labute approximate surface area is 114 Å². The molecule has 0 radical (unpaired) electrons. The van der Waals surface area contributed by atoms with Crippen LogP contribution in [0.1, 0.15) is 12.0 Å². The predicted molar refractivity (Wildman–Crippen MR) is 71.8 cm³/mol. The van der Waals surface area contributed by atoms with Gasteiger partial charge in [0.2, 0.25) is 5.91 Å². The monoisotopic (exact) mass is 311 g/mol. The highest BCUT2D eigenvalue weighted by atomic mass is 79.9. The van der Waals surface area contributed by atoms with Crippen LogP contribution in [0.25, 0.3) is 0 Å². The van der Waals surface area contributed by atoms with Gasteiger partial charge in [-0.1, -0.05) is 28.1 Å². The summed E-state index contributed by atoms with van der Waals surface area (Å²) in [4.78, 5) is 24.8. The Kier molecular flexibility index (Phi) is 4.01. The van der Waals surface area contributed by atoms with Crippen molar-refractivity contribution in [3.8, 4) is 0 Å². The van der Waals surface area contributed by atoms with Crippen LogP contribution in [-0.4, -0.2) is 30.4 Å². The number of hydrogen-bond acceptors (Lipinski definition) is 3. The van der Waals surface area contributed by atoms with Crippen molar-refractivity contribution in [2.45, 2.75) is 17.7 Å². The maximum Gasteiger partial charge on any atom is 0.309 e. The van der Waals surface area contributed by atoms with E-state index in [1.807, 2.05) is 24.3 Å². The number of rotatable bonds is 3. The van der Waals surface area contributed by atoms with Gasteiger partial charge < -0.3 is 9.64 Å². The number of hydrogen-bond donors (Lipinski definition) is 0. The van der Waals surface area contributed by atoms with E-state index in [-0.39, 0.29) is 23.1 Å². The topological polar surface area (TPSA) is 46.6 Å². The molecule has 0 aromatic heterocycles. The number of halogens is 1. The molecular formula is C13H14BrNO3. The largest absolute Gasteiger partial charge is 0.469 e. The predicted octanol–water partition coefficient (Wildman–Crippen LogP) is 1.90. The summed E-state index contributed by atoms with van der Waals surface area (Å²) in [6.45, 7) is 0.690. The van der Waals surface area contributed by atoms with Crippen LogP contribution >= 0.6 is 15.9 Å². The molecule has 1 unspecified atom stereocenters.